The third kappa shape index (κ3) is 4.86. The van der Waals surface area contributed by atoms with E-state index in [1.165, 1.54) is 16.5 Å². The fourth-order valence-corrected chi connectivity index (χ4v) is 5.39. The number of benzene rings is 2. The van der Waals surface area contributed by atoms with Gasteiger partial charge < -0.3 is 20.5 Å². The quantitative estimate of drug-likeness (QED) is 0.483. The van der Waals surface area contributed by atoms with Crippen LogP contribution in [0.5, 0.6) is 0 Å². The van der Waals surface area contributed by atoms with E-state index >= 15 is 0 Å². The molecule has 0 radical (unpaired) electrons. The van der Waals surface area contributed by atoms with Crippen LogP contribution in [0.4, 0.5) is 0 Å². The molecule has 2 fully saturated rings. The van der Waals surface area contributed by atoms with Gasteiger partial charge in [0.25, 0.3) is 0 Å². The fraction of sp³-hybridized carbons (Fsp3) is 0.407. The third-order valence-corrected chi connectivity index (χ3v) is 7.22. The maximum Gasteiger partial charge on any atom is 0.237 e. The monoisotopic (exact) mass is 459 g/mol. The number of nitrogens with one attached hydrogen (secondary N) is 3. The molecule has 34 heavy (non-hydrogen) atoms. The van der Waals surface area contributed by atoms with Gasteiger partial charge in [0.05, 0.1) is 6.04 Å². The molecule has 1 aromatic heterocycles. The number of nitrogens with zero attached hydrogens (tertiary/aromatic N) is 2. The summed E-state index contributed by atoms with van der Waals surface area (Å²) in [5, 5.41) is 11.0. The number of amides is 2. The summed E-state index contributed by atoms with van der Waals surface area (Å²) in [4.78, 5) is 27.3. The van der Waals surface area contributed by atoms with E-state index in [0.29, 0.717) is 19.5 Å². The van der Waals surface area contributed by atoms with Gasteiger partial charge in [-0.25, -0.2) is 0 Å². The Labute approximate surface area is 200 Å². The number of hydrogen-bond donors (Lipinski definition) is 3. The number of para-hydroxylation sites is 1. The van der Waals surface area contributed by atoms with Crippen LogP contribution < -0.4 is 16.0 Å². The molecular weight excluding hydrogens is 426 g/mol. The minimum Gasteiger partial charge on any atom is -0.353 e. The van der Waals surface area contributed by atoms with Crippen molar-refractivity contribution in [2.24, 2.45) is 7.05 Å². The summed E-state index contributed by atoms with van der Waals surface area (Å²) in [7, 11) is 2.08. The fourth-order valence-electron chi connectivity index (χ4n) is 5.39. The Kier molecular flexibility index (Phi) is 6.65. The zero-order valence-corrected chi connectivity index (χ0v) is 19.7. The number of piperazine rings is 1. The van der Waals surface area contributed by atoms with Gasteiger partial charge in [0, 0.05) is 68.8 Å². The van der Waals surface area contributed by atoms with Crippen molar-refractivity contribution in [2.45, 2.75) is 50.5 Å². The van der Waals surface area contributed by atoms with Crippen LogP contribution in [0.15, 0.2) is 60.8 Å². The standard InChI is InChI=1S/C27H33N5O2/c1-31-17-20(23-9-5-6-10-24(23)31)15-28-21-13-25-27(34)30-16-22(32(25)18-21)11-12-26(33)29-14-19-7-3-2-4-8-19/h2-10,17,21-22,25,28H,11-16,18H2,1H3,(H,29,33)(H,30,34)/t21-,22+,25-/m0/s1. The second kappa shape index (κ2) is 9.99. The largest absolute Gasteiger partial charge is 0.353 e. The molecule has 7 nitrogen and oxygen atoms in total. The molecule has 178 valence electrons. The molecular formula is C27H33N5O2. The highest BCUT2D eigenvalue weighted by Crippen LogP contribution is 2.27. The number of hydrogen-bond acceptors (Lipinski definition) is 4. The molecule has 5 rings (SSSR count). The maximum atomic E-state index is 12.6. The molecule has 7 heteroatoms. The Balaban J connectivity index is 1.15. The van der Waals surface area contributed by atoms with Gasteiger partial charge in [0.1, 0.15) is 0 Å². The number of aryl methyl sites for hydroxylation is 1. The summed E-state index contributed by atoms with van der Waals surface area (Å²) in [6.07, 6.45) is 4.19. The molecule has 0 aliphatic carbocycles. The molecule has 3 heterocycles. The van der Waals surface area contributed by atoms with Gasteiger partial charge in [0.2, 0.25) is 11.8 Å². The van der Waals surface area contributed by atoms with Crippen LogP contribution in [0.2, 0.25) is 0 Å². The predicted octanol–water partition coefficient (Wildman–Crippen LogP) is 2.31. The van der Waals surface area contributed by atoms with E-state index in [0.717, 1.165) is 31.5 Å². The number of fused-ring (bicyclic) bond motifs is 2. The first-order valence-corrected chi connectivity index (χ1v) is 12.2. The first-order chi connectivity index (χ1) is 16.6. The summed E-state index contributed by atoms with van der Waals surface area (Å²) in [5.74, 6) is 0.168. The topological polar surface area (TPSA) is 78.4 Å². The molecule has 2 aromatic carbocycles. The highest BCUT2D eigenvalue weighted by molar-refractivity contribution is 5.84. The number of carbonyl (C=O) groups excluding carboxylic acids is 2. The highest BCUT2D eigenvalue weighted by Gasteiger charge is 2.43. The van der Waals surface area contributed by atoms with E-state index < -0.39 is 0 Å². The first kappa shape index (κ1) is 22.6. The summed E-state index contributed by atoms with van der Waals surface area (Å²) < 4.78 is 2.16. The molecule has 2 aliphatic rings. The van der Waals surface area contributed by atoms with Gasteiger partial charge in [-0.1, -0.05) is 48.5 Å². The molecule has 2 amide bonds. The van der Waals surface area contributed by atoms with Gasteiger partial charge in [-0.15, -0.1) is 0 Å². The normalized spacial score (nSPS) is 22.5. The van der Waals surface area contributed by atoms with Gasteiger partial charge in [-0.2, -0.15) is 0 Å². The molecule has 2 saturated heterocycles. The lowest BCUT2D eigenvalue weighted by Crippen LogP contribution is -2.58. The van der Waals surface area contributed by atoms with Crippen molar-refractivity contribution in [1.82, 2.24) is 25.4 Å². The Morgan fingerprint density at radius 1 is 1.09 bits per heavy atom. The summed E-state index contributed by atoms with van der Waals surface area (Å²) in [6.45, 7) is 2.77. The first-order valence-electron chi connectivity index (χ1n) is 12.2. The van der Waals surface area contributed by atoms with Crippen molar-refractivity contribution in [1.29, 1.82) is 0 Å². The number of rotatable bonds is 8. The van der Waals surface area contributed by atoms with Crippen LogP contribution in [0.25, 0.3) is 10.9 Å². The Hall–Kier alpha value is -3.16. The van der Waals surface area contributed by atoms with Crippen LogP contribution >= 0.6 is 0 Å². The van der Waals surface area contributed by atoms with E-state index in [2.05, 4.69) is 62.9 Å². The summed E-state index contributed by atoms with van der Waals surface area (Å²) in [6, 6.07) is 18.7. The van der Waals surface area contributed by atoms with Crippen molar-refractivity contribution < 1.29 is 9.59 Å². The van der Waals surface area contributed by atoms with E-state index in [1.54, 1.807) is 0 Å². The molecule has 3 atom stereocenters. The molecule has 3 aromatic rings. The van der Waals surface area contributed by atoms with Gasteiger partial charge in [0.15, 0.2) is 0 Å². The molecule has 0 saturated carbocycles. The Bertz CT molecular complexity index is 1160. The second-order valence-corrected chi connectivity index (χ2v) is 9.51. The summed E-state index contributed by atoms with van der Waals surface area (Å²) in [5.41, 5.74) is 3.60. The van der Waals surface area contributed by atoms with Gasteiger partial charge in [-0.05, 0) is 30.0 Å². The smallest absolute Gasteiger partial charge is 0.237 e. The molecule has 3 N–H and O–H groups in total. The third-order valence-electron chi connectivity index (χ3n) is 7.22. The molecule has 0 spiro atoms. The predicted molar refractivity (Wildman–Crippen MR) is 133 cm³/mol. The average molecular weight is 460 g/mol. The second-order valence-electron chi connectivity index (χ2n) is 9.51. The lowest BCUT2D eigenvalue weighted by Gasteiger charge is -2.37. The number of aromatic nitrogens is 1. The molecule has 0 unspecified atom stereocenters. The Morgan fingerprint density at radius 3 is 2.74 bits per heavy atom. The molecule has 2 aliphatic heterocycles. The van der Waals surface area contributed by atoms with Gasteiger partial charge in [-0.3, -0.25) is 14.5 Å². The van der Waals surface area contributed by atoms with Crippen molar-refractivity contribution >= 4 is 22.7 Å². The SMILES string of the molecule is Cn1cc(CN[C@H]2C[C@H]3C(=O)NC[C@@H](CCC(=O)NCc4ccccc4)N3C2)c2ccccc21. The van der Waals surface area contributed by atoms with E-state index in [4.69, 9.17) is 0 Å². The maximum absolute atomic E-state index is 12.6. The van der Waals surface area contributed by atoms with Crippen LogP contribution in [-0.2, 0) is 29.7 Å². The van der Waals surface area contributed by atoms with Crippen LogP contribution in [0, 0.1) is 0 Å². The lowest BCUT2D eigenvalue weighted by molar-refractivity contribution is -0.129. The minimum absolute atomic E-state index is 0.0575. The van der Waals surface area contributed by atoms with Crippen molar-refractivity contribution in [3.8, 4) is 0 Å². The van der Waals surface area contributed by atoms with Crippen LogP contribution in [0.1, 0.15) is 30.4 Å². The minimum atomic E-state index is -0.115. The number of carbonyl (C=O) groups is 2. The van der Waals surface area contributed by atoms with Crippen molar-refractivity contribution in [2.75, 3.05) is 13.1 Å². The van der Waals surface area contributed by atoms with E-state index in [1.807, 2.05) is 30.3 Å². The lowest BCUT2D eigenvalue weighted by atomic mass is 10.0. The van der Waals surface area contributed by atoms with Crippen LogP contribution in [-0.4, -0.2) is 52.5 Å². The van der Waals surface area contributed by atoms with Crippen molar-refractivity contribution in [3.05, 3.63) is 71.9 Å². The van der Waals surface area contributed by atoms with Gasteiger partial charge >= 0.3 is 0 Å². The Morgan fingerprint density at radius 2 is 1.88 bits per heavy atom. The van der Waals surface area contributed by atoms with Crippen molar-refractivity contribution in [3.63, 3.8) is 0 Å². The van der Waals surface area contributed by atoms with Crippen LogP contribution in [0.3, 0.4) is 0 Å². The van der Waals surface area contributed by atoms with E-state index in [9.17, 15) is 9.59 Å². The van der Waals surface area contributed by atoms with E-state index in [-0.39, 0.29) is 29.9 Å². The highest BCUT2D eigenvalue weighted by atomic mass is 16.2. The zero-order chi connectivity index (χ0) is 23.5. The molecule has 0 bridgehead atoms. The zero-order valence-electron chi connectivity index (χ0n) is 19.7. The average Bonchev–Trinajstić information content (AvgIpc) is 3.44. The summed E-state index contributed by atoms with van der Waals surface area (Å²) >= 11 is 0.